The number of methoxy groups -OCH3 is 2. The van der Waals surface area contributed by atoms with Gasteiger partial charge >= 0.3 is 0 Å². The summed E-state index contributed by atoms with van der Waals surface area (Å²) in [7, 11) is -1.10. The SMILES string of the molecule is COc1ccc(S(=O)(=O)N(CC(=O)Nc2cc(C)ccc2OC)c2cccc(Cl)c2)cc1. The molecule has 1 amide bonds. The molecule has 0 saturated heterocycles. The normalized spacial score (nSPS) is 11.0. The summed E-state index contributed by atoms with van der Waals surface area (Å²) in [5.74, 6) is 0.449. The van der Waals surface area contributed by atoms with E-state index in [-0.39, 0.29) is 10.6 Å². The minimum absolute atomic E-state index is 0.0132. The van der Waals surface area contributed by atoms with Gasteiger partial charge in [-0.15, -0.1) is 0 Å². The van der Waals surface area contributed by atoms with Crippen molar-refractivity contribution in [3.8, 4) is 11.5 Å². The maximum atomic E-state index is 13.4. The van der Waals surface area contributed by atoms with Gasteiger partial charge in [-0.1, -0.05) is 23.7 Å². The zero-order chi connectivity index (χ0) is 23.3. The first-order chi connectivity index (χ1) is 15.2. The Balaban J connectivity index is 1.96. The van der Waals surface area contributed by atoms with Crippen molar-refractivity contribution in [3.05, 3.63) is 77.3 Å². The fourth-order valence-corrected chi connectivity index (χ4v) is 4.66. The Morgan fingerprint density at radius 3 is 2.34 bits per heavy atom. The topological polar surface area (TPSA) is 84.9 Å². The average Bonchev–Trinajstić information content (AvgIpc) is 2.77. The molecule has 0 bridgehead atoms. The first-order valence-electron chi connectivity index (χ1n) is 9.61. The van der Waals surface area contributed by atoms with E-state index in [0.717, 1.165) is 9.87 Å². The van der Waals surface area contributed by atoms with Crippen LogP contribution in [-0.4, -0.2) is 35.1 Å². The molecule has 0 saturated carbocycles. The van der Waals surface area contributed by atoms with E-state index in [1.54, 1.807) is 42.5 Å². The second-order valence-corrected chi connectivity index (χ2v) is 9.22. The van der Waals surface area contributed by atoms with Gasteiger partial charge in [0, 0.05) is 5.02 Å². The summed E-state index contributed by atoms with van der Waals surface area (Å²) < 4.78 is 38.3. The summed E-state index contributed by atoms with van der Waals surface area (Å²) in [4.78, 5) is 12.9. The number of benzene rings is 3. The van der Waals surface area contributed by atoms with Gasteiger partial charge in [-0.2, -0.15) is 0 Å². The number of amides is 1. The van der Waals surface area contributed by atoms with Crippen LogP contribution in [0.3, 0.4) is 0 Å². The lowest BCUT2D eigenvalue weighted by Gasteiger charge is -2.24. The standard InChI is InChI=1S/C23H23ClN2O5S/c1-16-7-12-22(31-3)21(13-16)25-23(27)15-26(18-6-4-5-17(24)14-18)32(28,29)20-10-8-19(30-2)9-11-20/h4-14H,15H2,1-3H3,(H,25,27). The van der Waals surface area contributed by atoms with Gasteiger partial charge in [-0.25, -0.2) is 8.42 Å². The molecule has 9 heteroatoms. The molecule has 0 aromatic heterocycles. The number of aryl methyl sites for hydroxylation is 1. The monoisotopic (exact) mass is 474 g/mol. The lowest BCUT2D eigenvalue weighted by Crippen LogP contribution is -2.38. The van der Waals surface area contributed by atoms with Crippen molar-refractivity contribution in [2.24, 2.45) is 0 Å². The number of rotatable bonds is 8. The van der Waals surface area contributed by atoms with Gasteiger partial charge in [-0.05, 0) is 67.1 Å². The van der Waals surface area contributed by atoms with Crippen LogP contribution in [0.1, 0.15) is 5.56 Å². The molecule has 32 heavy (non-hydrogen) atoms. The van der Waals surface area contributed by atoms with E-state index >= 15 is 0 Å². The van der Waals surface area contributed by atoms with E-state index in [2.05, 4.69) is 5.32 Å². The molecular weight excluding hydrogens is 452 g/mol. The molecule has 0 atom stereocenters. The lowest BCUT2D eigenvalue weighted by atomic mass is 10.2. The van der Waals surface area contributed by atoms with Crippen LogP contribution in [-0.2, 0) is 14.8 Å². The first kappa shape index (κ1) is 23.4. The minimum Gasteiger partial charge on any atom is -0.497 e. The molecule has 0 aliphatic heterocycles. The Hall–Kier alpha value is -3.23. The smallest absolute Gasteiger partial charge is 0.264 e. The number of nitrogens with one attached hydrogen (secondary N) is 1. The Morgan fingerprint density at radius 1 is 1.00 bits per heavy atom. The molecule has 0 heterocycles. The number of halogens is 1. The summed E-state index contributed by atoms with van der Waals surface area (Å²) in [5, 5.41) is 3.08. The molecule has 0 radical (unpaired) electrons. The van der Waals surface area contributed by atoms with Gasteiger partial charge in [0.05, 0.1) is 30.5 Å². The van der Waals surface area contributed by atoms with E-state index in [1.807, 2.05) is 13.0 Å². The van der Waals surface area contributed by atoms with E-state index in [4.69, 9.17) is 21.1 Å². The molecule has 3 aromatic rings. The Kier molecular flexibility index (Phi) is 7.27. The fourth-order valence-electron chi connectivity index (χ4n) is 3.06. The number of ether oxygens (including phenoxy) is 2. The molecule has 0 spiro atoms. The highest BCUT2D eigenvalue weighted by atomic mass is 35.5. The summed E-state index contributed by atoms with van der Waals surface area (Å²) in [6, 6.07) is 17.6. The zero-order valence-corrected chi connectivity index (χ0v) is 19.4. The van der Waals surface area contributed by atoms with Gasteiger partial charge in [0.2, 0.25) is 5.91 Å². The predicted molar refractivity (Wildman–Crippen MR) is 125 cm³/mol. The van der Waals surface area contributed by atoms with E-state index in [1.165, 1.54) is 32.4 Å². The number of anilines is 2. The lowest BCUT2D eigenvalue weighted by molar-refractivity contribution is -0.114. The Bertz CT molecular complexity index is 1210. The fraction of sp³-hybridized carbons (Fsp3) is 0.174. The number of hydrogen-bond acceptors (Lipinski definition) is 5. The van der Waals surface area contributed by atoms with Gasteiger partial charge in [-0.3, -0.25) is 9.10 Å². The molecular formula is C23H23ClN2O5S. The van der Waals surface area contributed by atoms with Crippen LogP contribution in [0.25, 0.3) is 0 Å². The number of carbonyl (C=O) groups excluding carboxylic acids is 1. The second kappa shape index (κ2) is 9.93. The minimum atomic E-state index is -4.08. The highest BCUT2D eigenvalue weighted by Crippen LogP contribution is 2.28. The van der Waals surface area contributed by atoms with Crippen LogP contribution in [0, 0.1) is 6.92 Å². The molecule has 168 valence electrons. The predicted octanol–water partition coefficient (Wildman–Crippen LogP) is 4.50. The Labute approximate surface area is 192 Å². The van der Waals surface area contributed by atoms with Gasteiger partial charge < -0.3 is 14.8 Å². The zero-order valence-electron chi connectivity index (χ0n) is 17.8. The maximum Gasteiger partial charge on any atom is 0.264 e. The van der Waals surface area contributed by atoms with Crippen molar-refractivity contribution in [1.82, 2.24) is 0 Å². The van der Waals surface area contributed by atoms with Crippen LogP contribution in [0.15, 0.2) is 71.6 Å². The second-order valence-electron chi connectivity index (χ2n) is 6.92. The van der Waals surface area contributed by atoms with Crippen LogP contribution < -0.4 is 19.1 Å². The number of sulfonamides is 1. The van der Waals surface area contributed by atoms with Gasteiger partial charge in [0.15, 0.2) is 0 Å². The van der Waals surface area contributed by atoms with Crippen LogP contribution in [0.5, 0.6) is 11.5 Å². The van der Waals surface area contributed by atoms with Crippen molar-refractivity contribution in [1.29, 1.82) is 0 Å². The molecule has 0 aliphatic rings. The van der Waals surface area contributed by atoms with Gasteiger partial charge in [0.25, 0.3) is 10.0 Å². The first-order valence-corrected chi connectivity index (χ1v) is 11.4. The number of hydrogen-bond donors (Lipinski definition) is 1. The average molecular weight is 475 g/mol. The number of carbonyl (C=O) groups is 1. The van der Waals surface area contributed by atoms with Crippen molar-refractivity contribution in [2.75, 3.05) is 30.4 Å². The van der Waals surface area contributed by atoms with Crippen molar-refractivity contribution < 1.29 is 22.7 Å². The number of nitrogens with zero attached hydrogens (tertiary/aromatic N) is 1. The molecule has 0 unspecified atom stereocenters. The third-order valence-electron chi connectivity index (χ3n) is 4.66. The van der Waals surface area contributed by atoms with E-state index in [9.17, 15) is 13.2 Å². The molecule has 3 aromatic carbocycles. The summed E-state index contributed by atoms with van der Waals surface area (Å²) >= 11 is 6.09. The van der Waals surface area contributed by atoms with Crippen LogP contribution in [0.2, 0.25) is 5.02 Å². The maximum absolute atomic E-state index is 13.4. The quantitative estimate of drug-likeness (QED) is 0.519. The van der Waals surface area contributed by atoms with Crippen LogP contribution in [0.4, 0.5) is 11.4 Å². The third kappa shape index (κ3) is 5.33. The third-order valence-corrected chi connectivity index (χ3v) is 6.68. The molecule has 7 nitrogen and oxygen atoms in total. The highest BCUT2D eigenvalue weighted by Gasteiger charge is 2.28. The van der Waals surface area contributed by atoms with E-state index < -0.39 is 22.5 Å². The van der Waals surface area contributed by atoms with Crippen molar-refractivity contribution >= 4 is 38.9 Å². The summed E-state index contributed by atoms with van der Waals surface area (Å²) in [6.07, 6.45) is 0. The molecule has 3 rings (SSSR count). The Morgan fingerprint density at radius 2 is 1.72 bits per heavy atom. The van der Waals surface area contributed by atoms with Gasteiger partial charge in [0.1, 0.15) is 18.0 Å². The summed E-state index contributed by atoms with van der Waals surface area (Å²) in [6.45, 7) is 1.41. The van der Waals surface area contributed by atoms with Crippen molar-refractivity contribution in [3.63, 3.8) is 0 Å². The van der Waals surface area contributed by atoms with E-state index in [0.29, 0.717) is 22.2 Å². The van der Waals surface area contributed by atoms with Crippen molar-refractivity contribution in [2.45, 2.75) is 11.8 Å². The highest BCUT2D eigenvalue weighted by molar-refractivity contribution is 7.92. The molecule has 0 fully saturated rings. The molecule has 1 N–H and O–H groups in total. The largest absolute Gasteiger partial charge is 0.497 e. The van der Waals surface area contributed by atoms with Crippen LogP contribution >= 0.6 is 11.6 Å². The summed E-state index contributed by atoms with van der Waals surface area (Å²) in [5.41, 5.74) is 1.63. The molecule has 0 aliphatic carbocycles.